The molecule has 43 heavy (non-hydrogen) atoms. The van der Waals surface area contributed by atoms with Crippen LogP contribution in [0.25, 0.3) is 0 Å². The number of carbonyl (C=O) groups is 3. The number of carbonyl (C=O) groups excluding carboxylic acids is 3. The summed E-state index contributed by atoms with van der Waals surface area (Å²) in [5.74, 6) is -1.78. The van der Waals surface area contributed by atoms with E-state index in [0.717, 1.165) is 0 Å². The minimum absolute atomic E-state index is 0.168. The first-order chi connectivity index (χ1) is 20.4. The summed E-state index contributed by atoms with van der Waals surface area (Å²) < 4.78 is 31.0. The fourth-order valence-corrected chi connectivity index (χ4v) is 5.89. The van der Waals surface area contributed by atoms with Crippen molar-refractivity contribution in [3.63, 3.8) is 0 Å². The quantitative estimate of drug-likeness (QED) is 0.156. The van der Waals surface area contributed by atoms with Crippen LogP contribution in [0, 0.1) is 0 Å². The first-order valence-corrected chi connectivity index (χ1v) is 17.4. The minimum Gasteiger partial charge on any atom is -0.459 e. The maximum absolute atomic E-state index is 13.5. The number of ether oxygens (including phenoxy) is 4. The summed E-state index contributed by atoms with van der Waals surface area (Å²) in [6, 6.07) is 25.7. The van der Waals surface area contributed by atoms with Crippen LogP contribution in [0.5, 0.6) is 0 Å². The number of hydrogen-bond donors (Lipinski definition) is 0. The number of benzene rings is 3. The Morgan fingerprint density at radius 2 is 1.09 bits per heavy atom. The molecule has 1 aliphatic rings. The third-order valence-electron chi connectivity index (χ3n) is 8.00. The van der Waals surface area contributed by atoms with Crippen molar-refractivity contribution < 1.29 is 37.8 Å². The van der Waals surface area contributed by atoms with E-state index in [1.807, 2.05) is 6.92 Å². The fraction of sp³-hybridized carbons (Fsp3) is 0.382. The molecule has 1 heterocycles. The van der Waals surface area contributed by atoms with Crippen molar-refractivity contribution in [3.05, 3.63) is 108 Å². The van der Waals surface area contributed by atoms with Crippen molar-refractivity contribution in [2.75, 3.05) is 6.61 Å². The molecule has 0 amide bonds. The van der Waals surface area contributed by atoms with Gasteiger partial charge >= 0.3 is 17.9 Å². The van der Waals surface area contributed by atoms with Gasteiger partial charge in [0.05, 0.1) is 22.8 Å². The van der Waals surface area contributed by atoms with Gasteiger partial charge in [0, 0.05) is 0 Å². The molecule has 3 aromatic carbocycles. The van der Waals surface area contributed by atoms with Crippen LogP contribution < -0.4 is 0 Å². The van der Waals surface area contributed by atoms with E-state index in [1.54, 1.807) is 91.0 Å². The van der Waals surface area contributed by atoms with Gasteiger partial charge in [0.25, 0.3) is 0 Å². The molecule has 0 aliphatic carbocycles. The van der Waals surface area contributed by atoms with Gasteiger partial charge in [0.1, 0.15) is 18.8 Å². The van der Waals surface area contributed by atoms with Crippen molar-refractivity contribution >= 4 is 26.2 Å². The van der Waals surface area contributed by atoms with Gasteiger partial charge < -0.3 is 23.4 Å². The molecule has 8 nitrogen and oxygen atoms in total. The van der Waals surface area contributed by atoms with Crippen molar-refractivity contribution in [2.24, 2.45) is 0 Å². The Kier molecular flexibility index (Phi) is 10.2. The highest BCUT2D eigenvalue weighted by Gasteiger charge is 2.53. The molecule has 0 N–H and O–H groups in total. The van der Waals surface area contributed by atoms with Crippen LogP contribution in [-0.2, 0) is 23.4 Å². The summed E-state index contributed by atoms with van der Waals surface area (Å²) in [6.07, 6.45) is -4.49. The summed E-state index contributed by atoms with van der Waals surface area (Å²) in [5.41, 5.74) is 1.03. The molecule has 9 heteroatoms. The lowest BCUT2D eigenvalue weighted by Crippen LogP contribution is -2.64. The largest absolute Gasteiger partial charge is 0.459 e. The zero-order valence-electron chi connectivity index (χ0n) is 25.5. The van der Waals surface area contributed by atoms with Crippen LogP contribution in [0.3, 0.4) is 0 Å². The van der Waals surface area contributed by atoms with Gasteiger partial charge in [-0.15, -0.1) is 0 Å². The Morgan fingerprint density at radius 3 is 1.53 bits per heavy atom. The first kappa shape index (κ1) is 32.1. The molecular weight excluding hydrogens is 564 g/mol. The van der Waals surface area contributed by atoms with Crippen molar-refractivity contribution in [1.82, 2.24) is 0 Å². The Labute approximate surface area is 254 Å². The third-order valence-corrected chi connectivity index (χ3v) is 12.5. The molecule has 1 fully saturated rings. The molecule has 228 valence electrons. The van der Waals surface area contributed by atoms with Crippen LogP contribution in [-0.4, -0.2) is 63.4 Å². The second-order valence-corrected chi connectivity index (χ2v) is 16.9. The molecule has 0 spiro atoms. The molecule has 0 aromatic heterocycles. The SMILES string of the molecule is C[C@@H]1OC(COC(=O)c2ccccc2)[C@@H](OC(=O)c2ccccc2)C(OC(=O)c2ccccc2)C1O[Si](C)(C)C(C)(C)C. The van der Waals surface area contributed by atoms with Gasteiger partial charge in [-0.25, -0.2) is 14.4 Å². The highest BCUT2D eigenvalue weighted by Crippen LogP contribution is 2.40. The Bertz CT molecular complexity index is 1370. The van der Waals surface area contributed by atoms with E-state index in [1.165, 1.54) is 0 Å². The lowest BCUT2D eigenvalue weighted by Gasteiger charge is -2.48. The van der Waals surface area contributed by atoms with E-state index >= 15 is 0 Å². The molecule has 1 aliphatic heterocycles. The smallest absolute Gasteiger partial charge is 0.338 e. The van der Waals surface area contributed by atoms with E-state index in [9.17, 15) is 14.4 Å². The first-order valence-electron chi connectivity index (χ1n) is 14.4. The van der Waals surface area contributed by atoms with Crippen LogP contribution in [0.4, 0.5) is 0 Å². The van der Waals surface area contributed by atoms with Gasteiger partial charge in [-0.2, -0.15) is 0 Å². The van der Waals surface area contributed by atoms with Gasteiger partial charge in [0.2, 0.25) is 0 Å². The van der Waals surface area contributed by atoms with Crippen molar-refractivity contribution in [2.45, 2.75) is 76.3 Å². The molecule has 1 saturated heterocycles. The molecule has 0 bridgehead atoms. The summed E-state index contributed by atoms with van der Waals surface area (Å²) in [5, 5.41) is -0.168. The standard InChI is InChI=1S/C34H40O8Si/c1-23-28(42-43(5,6)34(2,3)4)30(41-33(37)26-20-14-9-15-21-26)29(40-32(36)25-18-12-8-13-19-25)27(39-23)22-38-31(35)24-16-10-7-11-17-24/h7-21,23,27-30H,22H2,1-6H3/t23-,27?,28?,29+,30?/m0/s1. The second kappa shape index (κ2) is 13.7. The maximum atomic E-state index is 13.5. The lowest BCUT2D eigenvalue weighted by atomic mass is 9.95. The molecule has 3 aromatic rings. The average molecular weight is 605 g/mol. The third kappa shape index (κ3) is 7.98. The summed E-state index contributed by atoms with van der Waals surface area (Å²) >= 11 is 0. The van der Waals surface area contributed by atoms with Crippen LogP contribution in [0.2, 0.25) is 18.1 Å². The van der Waals surface area contributed by atoms with Crippen LogP contribution in [0.1, 0.15) is 58.8 Å². The van der Waals surface area contributed by atoms with E-state index in [0.29, 0.717) is 16.7 Å². The second-order valence-electron chi connectivity index (χ2n) is 12.2. The molecule has 4 rings (SSSR count). The molecule has 5 atom stereocenters. The van der Waals surface area contributed by atoms with Crippen molar-refractivity contribution in [1.29, 1.82) is 0 Å². The minimum atomic E-state index is -2.44. The predicted octanol–water partition coefficient (Wildman–Crippen LogP) is 6.47. The Morgan fingerprint density at radius 1 is 0.674 bits per heavy atom. The van der Waals surface area contributed by atoms with Crippen LogP contribution in [0.15, 0.2) is 91.0 Å². The number of rotatable bonds is 9. The topological polar surface area (TPSA) is 97.4 Å². The molecule has 0 radical (unpaired) electrons. The molecule has 3 unspecified atom stereocenters. The van der Waals surface area contributed by atoms with Crippen molar-refractivity contribution in [3.8, 4) is 0 Å². The highest BCUT2D eigenvalue weighted by molar-refractivity contribution is 6.74. The lowest BCUT2D eigenvalue weighted by molar-refractivity contribution is -0.220. The monoisotopic (exact) mass is 604 g/mol. The average Bonchev–Trinajstić information content (AvgIpc) is 2.99. The zero-order chi connectivity index (χ0) is 31.2. The number of hydrogen-bond acceptors (Lipinski definition) is 8. The fourth-order valence-electron chi connectivity index (χ4n) is 4.53. The number of esters is 3. The molecular formula is C34H40O8Si. The predicted molar refractivity (Wildman–Crippen MR) is 164 cm³/mol. The zero-order valence-corrected chi connectivity index (χ0v) is 26.5. The van der Waals surface area contributed by atoms with Gasteiger partial charge in [-0.05, 0) is 61.5 Å². The molecule has 0 saturated carbocycles. The van der Waals surface area contributed by atoms with E-state index in [-0.39, 0.29) is 11.6 Å². The van der Waals surface area contributed by atoms with Gasteiger partial charge in [-0.1, -0.05) is 75.4 Å². The van der Waals surface area contributed by atoms with Crippen LogP contribution >= 0.6 is 0 Å². The summed E-state index contributed by atoms with van der Waals surface area (Å²) in [7, 11) is -2.44. The Hall–Kier alpha value is -3.79. The van der Waals surface area contributed by atoms with E-state index in [2.05, 4.69) is 33.9 Å². The maximum Gasteiger partial charge on any atom is 0.338 e. The highest BCUT2D eigenvalue weighted by atomic mass is 28.4. The normalized spacial score (nSPS) is 22.3. The summed E-state index contributed by atoms with van der Waals surface area (Å²) in [6.45, 7) is 12.1. The van der Waals surface area contributed by atoms with E-state index < -0.39 is 56.7 Å². The summed E-state index contributed by atoms with van der Waals surface area (Å²) in [4.78, 5) is 39.7. The van der Waals surface area contributed by atoms with E-state index in [4.69, 9.17) is 23.4 Å². The van der Waals surface area contributed by atoms with Gasteiger partial charge in [0.15, 0.2) is 20.5 Å². The Balaban J connectivity index is 1.70. The van der Waals surface area contributed by atoms with Gasteiger partial charge in [-0.3, -0.25) is 0 Å².